The van der Waals surface area contributed by atoms with Crippen molar-refractivity contribution in [2.24, 2.45) is 5.73 Å². The Bertz CT molecular complexity index is 597. The number of thiophene rings is 1. The number of rotatable bonds is 2. The average Bonchev–Trinajstić information content (AvgIpc) is 2.69. The van der Waals surface area contributed by atoms with Gasteiger partial charge in [0.2, 0.25) is 0 Å². The van der Waals surface area contributed by atoms with Gasteiger partial charge < -0.3 is 5.73 Å². The lowest BCUT2D eigenvalue weighted by atomic mass is 10.0. The highest BCUT2D eigenvalue weighted by molar-refractivity contribution is 7.12. The molecule has 0 saturated heterocycles. The van der Waals surface area contributed by atoms with Gasteiger partial charge in [-0.2, -0.15) is 0 Å². The van der Waals surface area contributed by atoms with Crippen LogP contribution in [0.4, 0.5) is 8.78 Å². The summed E-state index contributed by atoms with van der Waals surface area (Å²) in [6.45, 7) is 0. The molecule has 1 atom stereocenters. The van der Waals surface area contributed by atoms with Gasteiger partial charge in [-0.3, -0.25) is 0 Å². The first-order valence-corrected chi connectivity index (χ1v) is 7.79. The lowest BCUT2D eigenvalue weighted by molar-refractivity contribution is 0.566. The van der Waals surface area contributed by atoms with E-state index >= 15 is 0 Å². The van der Waals surface area contributed by atoms with Crippen LogP contribution in [0.2, 0.25) is 0 Å². The Morgan fingerprint density at radius 1 is 1.05 bits per heavy atom. The number of nitrogens with two attached hydrogens (primary N) is 1. The predicted molar refractivity (Wildman–Crippen MR) is 78.0 cm³/mol. The molecule has 4 heteroatoms. The fourth-order valence-corrected chi connectivity index (χ4v) is 4.03. The van der Waals surface area contributed by atoms with Crippen molar-refractivity contribution in [3.63, 3.8) is 0 Å². The van der Waals surface area contributed by atoms with Gasteiger partial charge in [0.25, 0.3) is 0 Å². The van der Waals surface area contributed by atoms with E-state index in [0.29, 0.717) is 5.56 Å². The largest absolute Gasteiger partial charge is 0.320 e. The van der Waals surface area contributed by atoms with Gasteiger partial charge in [-0.1, -0.05) is 12.5 Å². The van der Waals surface area contributed by atoms with Gasteiger partial charge >= 0.3 is 0 Å². The number of halogens is 2. The predicted octanol–water partition coefficient (Wildman–Crippen LogP) is 4.34. The van der Waals surface area contributed by atoms with Crippen molar-refractivity contribution >= 4 is 11.3 Å². The second-order valence-electron chi connectivity index (χ2n) is 5.30. The second kappa shape index (κ2) is 5.62. The third kappa shape index (κ3) is 2.63. The molecule has 0 bridgehead atoms. The fourth-order valence-electron chi connectivity index (χ4n) is 2.75. The molecule has 1 unspecified atom stereocenters. The van der Waals surface area contributed by atoms with E-state index in [2.05, 4.69) is 6.07 Å². The maximum atomic E-state index is 13.8. The molecule has 0 saturated carbocycles. The maximum absolute atomic E-state index is 13.8. The summed E-state index contributed by atoms with van der Waals surface area (Å²) < 4.78 is 26.8. The van der Waals surface area contributed by atoms with Crippen LogP contribution in [0.15, 0.2) is 24.3 Å². The monoisotopic (exact) mass is 293 g/mol. The van der Waals surface area contributed by atoms with Crippen molar-refractivity contribution < 1.29 is 8.78 Å². The molecule has 0 radical (unpaired) electrons. The molecule has 1 aliphatic carbocycles. The van der Waals surface area contributed by atoms with E-state index < -0.39 is 17.7 Å². The molecule has 2 aromatic rings. The summed E-state index contributed by atoms with van der Waals surface area (Å²) in [7, 11) is 0. The van der Waals surface area contributed by atoms with E-state index in [1.807, 2.05) is 0 Å². The van der Waals surface area contributed by atoms with Gasteiger partial charge in [0, 0.05) is 21.4 Å². The molecule has 20 heavy (non-hydrogen) atoms. The first-order chi connectivity index (χ1) is 9.65. The third-order valence-electron chi connectivity index (χ3n) is 3.87. The normalized spacial score (nSPS) is 16.6. The first kappa shape index (κ1) is 13.7. The van der Waals surface area contributed by atoms with Gasteiger partial charge in [0.1, 0.15) is 11.6 Å². The van der Waals surface area contributed by atoms with Gasteiger partial charge in [-0.25, -0.2) is 8.78 Å². The highest BCUT2D eigenvalue weighted by Gasteiger charge is 2.19. The molecule has 1 aliphatic rings. The van der Waals surface area contributed by atoms with Gasteiger partial charge in [-0.05, 0) is 43.4 Å². The standard InChI is InChI=1S/C16H17F2NS/c17-11-6-7-12(13(18)9-11)16(19)15-8-10-4-2-1-3-5-14(10)20-15/h6-9,16H,1-5,19H2. The molecule has 0 aliphatic heterocycles. The summed E-state index contributed by atoms with van der Waals surface area (Å²) in [6.07, 6.45) is 5.88. The van der Waals surface area contributed by atoms with E-state index in [1.54, 1.807) is 11.3 Å². The van der Waals surface area contributed by atoms with Crippen LogP contribution in [0, 0.1) is 11.6 Å². The molecular formula is C16H17F2NS. The molecule has 1 heterocycles. The Balaban J connectivity index is 1.92. The zero-order valence-electron chi connectivity index (χ0n) is 11.2. The lowest BCUT2D eigenvalue weighted by Crippen LogP contribution is -2.12. The molecule has 3 rings (SSSR count). The minimum atomic E-state index is -0.569. The van der Waals surface area contributed by atoms with Crippen LogP contribution >= 0.6 is 11.3 Å². The van der Waals surface area contributed by atoms with Crippen LogP contribution in [0.1, 0.15) is 46.2 Å². The van der Waals surface area contributed by atoms with Crippen molar-refractivity contribution in [1.29, 1.82) is 0 Å². The second-order valence-corrected chi connectivity index (χ2v) is 6.47. The van der Waals surface area contributed by atoms with Gasteiger partial charge in [0.15, 0.2) is 0 Å². The number of aryl methyl sites for hydroxylation is 2. The zero-order valence-corrected chi connectivity index (χ0v) is 12.0. The molecule has 0 fully saturated rings. The molecule has 1 nitrogen and oxygen atoms in total. The van der Waals surface area contributed by atoms with Crippen LogP contribution in [0.3, 0.4) is 0 Å². The maximum Gasteiger partial charge on any atom is 0.131 e. The van der Waals surface area contributed by atoms with Crippen molar-refractivity contribution in [3.05, 3.63) is 56.8 Å². The van der Waals surface area contributed by atoms with E-state index in [9.17, 15) is 8.78 Å². The summed E-state index contributed by atoms with van der Waals surface area (Å²) in [5.41, 5.74) is 7.89. The first-order valence-electron chi connectivity index (χ1n) is 6.97. The quantitative estimate of drug-likeness (QED) is 0.819. The van der Waals surface area contributed by atoms with Crippen molar-refractivity contribution in [1.82, 2.24) is 0 Å². The van der Waals surface area contributed by atoms with E-state index in [-0.39, 0.29) is 0 Å². The van der Waals surface area contributed by atoms with Crippen LogP contribution in [0.25, 0.3) is 0 Å². The van der Waals surface area contributed by atoms with Crippen LogP contribution < -0.4 is 5.73 Å². The number of hydrogen-bond donors (Lipinski definition) is 1. The van der Waals surface area contributed by atoms with Gasteiger partial charge in [0.05, 0.1) is 6.04 Å². The van der Waals surface area contributed by atoms with E-state index in [1.165, 1.54) is 41.8 Å². The topological polar surface area (TPSA) is 26.0 Å². The number of fused-ring (bicyclic) bond motifs is 1. The summed E-state index contributed by atoms with van der Waals surface area (Å²) in [6, 6.07) is 5.21. The minimum absolute atomic E-state index is 0.364. The molecule has 2 N–H and O–H groups in total. The molecule has 106 valence electrons. The Morgan fingerprint density at radius 2 is 1.85 bits per heavy atom. The van der Waals surface area contributed by atoms with Crippen LogP contribution in [-0.2, 0) is 12.8 Å². The third-order valence-corrected chi connectivity index (χ3v) is 5.19. The smallest absolute Gasteiger partial charge is 0.131 e. The highest BCUT2D eigenvalue weighted by atomic mass is 32.1. The molecule has 1 aromatic heterocycles. The molecule has 1 aromatic carbocycles. The Hall–Kier alpha value is -1.26. The Kier molecular flexibility index (Phi) is 3.85. The van der Waals surface area contributed by atoms with Crippen molar-refractivity contribution in [3.8, 4) is 0 Å². The van der Waals surface area contributed by atoms with Crippen LogP contribution in [-0.4, -0.2) is 0 Å². The number of benzene rings is 1. The summed E-state index contributed by atoms with van der Waals surface area (Å²) in [5.74, 6) is -1.14. The van der Waals surface area contributed by atoms with Crippen molar-refractivity contribution in [2.75, 3.05) is 0 Å². The minimum Gasteiger partial charge on any atom is -0.320 e. The summed E-state index contributed by atoms with van der Waals surface area (Å²) in [4.78, 5) is 2.36. The van der Waals surface area contributed by atoms with Gasteiger partial charge in [-0.15, -0.1) is 11.3 Å². The number of hydrogen-bond acceptors (Lipinski definition) is 2. The Labute approximate surface area is 121 Å². The lowest BCUT2D eigenvalue weighted by Gasteiger charge is -2.11. The van der Waals surface area contributed by atoms with E-state index in [4.69, 9.17) is 5.73 Å². The molecular weight excluding hydrogens is 276 g/mol. The zero-order chi connectivity index (χ0) is 14.1. The van der Waals surface area contributed by atoms with Crippen molar-refractivity contribution in [2.45, 2.75) is 38.1 Å². The SMILES string of the molecule is NC(c1cc2c(s1)CCCCC2)c1ccc(F)cc1F. The van der Waals surface area contributed by atoms with E-state index in [0.717, 1.165) is 23.8 Å². The van der Waals surface area contributed by atoms with Crippen LogP contribution in [0.5, 0.6) is 0 Å². The summed E-state index contributed by atoms with van der Waals surface area (Å²) in [5, 5.41) is 0. The highest BCUT2D eigenvalue weighted by Crippen LogP contribution is 2.34. The summed E-state index contributed by atoms with van der Waals surface area (Å²) >= 11 is 1.68. The molecule has 0 spiro atoms. The average molecular weight is 293 g/mol. The Morgan fingerprint density at radius 3 is 2.65 bits per heavy atom. The molecule has 0 amide bonds. The fraction of sp³-hybridized carbons (Fsp3) is 0.375.